The van der Waals surface area contributed by atoms with Crippen molar-refractivity contribution >= 4 is 40.5 Å². The lowest BCUT2D eigenvalue weighted by Crippen LogP contribution is -2.37. The molecule has 0 spiro atoms. The van der Waals surface area contributed by atoms with E-state index in [9.17, 15) is 9.59 Å². The zero-order valence-electron chi connectivity index (χ0n) is 19.0. The second kappa shape index (κ2) is 8.86. The Kier molecular flexibility index (Phi) is 6.11. The number of hydrogen-bond donors (Lipinski definition) is 2. The summed E-state index contributed by atoms with van der Waals surface area (Å²) in [4.78, 5) is 42.6. The Hall–Kier alpha value is -3.40. The van der Waals surface area contributed by atoms with Crippen molar-refractivity contribution in [2.75, 3.05) is 17.3 Å². The first-order chi connectivity index (χ1) is 15.7. The molecule has 0 radical (unpaired) electrons. The molecule has 2 aromatic heterocycles. The van der Waals surface area contributed by atoms with Gasteiger partial charge in [-0.15, -0.1) is 0 Å². The van der Waals surface area contributed by atoms with Gasteiger partial charge in [0.2, 0.25) is 11.9 Å². The maximum absolute atomic E-state index is 12.8. The van der Waals surface area contributed by atoms with Crippen LogP contribution < -0.4 is 20.5 Å². The van der Waals surface area contributed by atoms with E-state index < -0.39 is 12.1 Å². The van der Waals surface area contributed by atoms with Crippen LogP contribution in [0.1, 0.15) is 44.6 Å². The predicted octanol–water partition coefficient (Wildman–Crippen LogP) is 3.98. The van der Waals surface area contributed by atoms with Gasteiger partial charge >= 0.3 is 6.09 Å². The summed E-state index contributed by atoms with van der Waals surface area (Å²) in [5, 5.41) is 4.35. The number of halogens is 1. The first-order valence-corrected chi connectivity index (χ1v) is 11.0. The van der Waals surface area contributed by atoms with Crippen molar-refractivity contribution < 1.29 is 14.3 Å². The van der Waals surface area contributed by atoms with E-state index in [0.29, 0.717) is 34.1 Å². The summed E-state index contributed by atoms with van der Waals surface area (Å²) >= 11 is 6.25. The summed E-state index contributed by atoms with van der Waals surface area (Å²) < 4.78 is 10.6. The van der Waals surface area contributed by atoms with Gasteiger partial charge in [0.05, 0.1) is 29.7 Å². The van der Waals surface area contributed by atoms with Gasteiger partial charge in [0.25, 0.3) is 5.56 Å². The molecule has 2 N–H and O–H groups in total. The summed E-state index contributed by atoms with van der Waals surface area (Å²) in [5.41, 5.74) is 0.827. The van der Waals surface area contributed by atoms with Crippen molar-refractivity contribution in [1.29, 1.82) is 0 Å². The van der Waals surface area contributed by atoms with Gasteiger partial charge in [-0.3, -0.25) is 4.79 Å². The Morgan fingerprint density at radius 1 is 1.27 bits per heavy atom. The van der Waals surface area contributed by atoms with E-state index >= 15 is 0 Å². The second-order valence-electron chi connectivity index (χ2n) is 7.93. The molecule has 4 rings (SSSR count). The number of carbonyl (C=O) groups is 1. The van der Waals surface area contributed by atoms with Crippen molar-refractivity contribution in [2.24, 2.45) is 0 Å². The van der Waals surface area contributed by atoms with Crippen LogP contribution in [0.2, 0.25) is 5.02 Å². The Balaban J connectivity index is 1.66. The van der Waals surface area contributed by atoms with Gasteiger partial charge in [-0.2, -0.15) is 15.0 Å². The van der Waals surface area contributed by atoms with Crippen molar-refractivity contribution in [3.05, 3.63) is 45.0 Å². The second-order valence-corrected chi connectivity index (χ2v) is 8.34. The van der Waals surface area contributed by atoms with Crippen LogP contribution >= 0.6 is 11.6 Å². The molecule has 0 aliphatic carbocycles. The molecular weight excluding hydrogens is 448 g/mol. The maximum Gasteiger partial charge on any atom is 0.417 e. The van der Waals surface area contributed by atoms with Gasteiger partial charge in [0.1, 0.15) is 17.7 Å². The van der Waals surface area contributed by atoms with Crippen molar-refractivity contribution in [2.45, 2.75) is 52.3 Å². The number of carbonyl (C=O) groups excluding carboxylic acids is 1. The van der Waals surface area contributed by atoms with E-state index in [1.54, 1.807) is 25.1 Å². The third-order valence-electron chi connectivity index (χ3n) is 5.68. The molecule has 174 valence electrons. The summed E-state index contributed by atoms with van der Waals surface area (Å²) in [6.07, 6.45) is -0.0647. The molecule has 3 heterocycles. The quantitative estimate of drug-likeness (QED) is 0.552. The van der Waals surface area contributed by atoms with Gasteiger partial charge < -0.3 is 19.8 Å². The molecule has 1 aliphatic rings. The van der Waals surface area contributed by atoms with Gasteiger partial charge in [0, 0.05) is 17.0 Å². The number of nitrogens with one attached hydrogen (secondary N) is 2. The monoisotopic (exact) mass is 472 g/mol. The molecule has 11 heteroatoms. The zero-order chi connectivity index (χ0) is 23.9. The number of H-pyrrole nitrogens is 1. The van der Waals surface area contributed by atoms with E-state index in [1.807, 2.05) is 20.8 Å². The highest BCUT2D eigenvalue weighted by molar-refractivity contribution is 6.32. The lowest BCUT2D eigenvalue weighted by Gasteiger charge is -2.21. The number of nitrogens with zero attached hydrogens (tertiary/aromatic N) is 4. The lowest BCUT2D eigenvalue weighted by atomic mass is 10.1. The number of pyridine rings is 1. The number of hydrogen-bond acceptors (Lipinski definition) is 8. The number of methoxy groups -OCH3 is 1. The molecule has 1 amide bonds. The minimum absolute atomic E-state index is 0.172. The lowest BCUT2D eigenvalue weighted by molar-refractivity contribution is 0.141. The summed E-state index contributed by atoms with van der Waals surface area (Å²) in [7, 11) is 1.52. The first-order valence-electron chi connectivity index (χ1n) is 10.6. The zero-order valence-corrected chi connectivity index (χ0v) is 19.7. The fraction of sp³-hybridized carbons (Fsp3) is 0.409. The highest BCUT2D eigenvalue weighted by Crippen LogP contribution is 2.30. The Morgan fingerprint density at radius 2 is 2.03 bits per heavy atom. The number of ether oxygens (including phenoxy) is 2. The predicted molar refractivity (Wildman–Crippen MR) is 125 cm³/mol. The molecule has 0 bridgehead atoms. The van der Waals surface area contributed by atoms with Gasteiger partial charge in [-0.1, -0.05) is 18.5 Å². The Morgan fingerprint density at radius 3 is 2.73 bits per heavy atom. The van der Waals surface area contributed by atoms with Crippen LogP contribution in [0.4, 0.5) is 16.7 Å². The highest BCUT2D eigenvalue weighted by atomic mass is 35.5. The van der Waals surface area contributed by atoms with Crippen molar-refractivity contribution in [3.63, 3.8) is 0 Å². The van der Waals surface area contributed by atoms with Crippen LogP contribution in [-0.4, -0.2) is 45.3 Å². The highest BCUT2D eigenvalue weighted by Gasteiger charge is 2.40. The standard InChI is InChI=1S/C22H25ClN6O4/c1-6-17-11(3)33-22(31)29(17)21-26-12(4)25-20(28-21)24-10(2)14-7-13-8-15(23)18(32-5)9-16(13)27-19(14)30/h7-11,17H,6H2,1-5H3,(H,27,30)(H,24,25,26,28)/t10-,11+,17-/m0/s1. The van der Waals surface area contributed by atoms with E-state index in [2.05, 4.69) is 25.3 Å². The molecule has 3 aromatic rings. The third-order valence-corrected chi connectivity index (χ3v) is 5.98. The number of aromatic amines is 1. The van der Waals surface area contributed by atoms with Gasteiger partial charge in [-0.05, 0) is 39.3 Å². The minimum atomic E-state index is -0.489. The smallest absolute Gasteiger partial charge is 0.417 e. The number of rotatable bonds is 6. The fourth-order valence-corrected chi connectivity index (χ4v) is 4.25. The third kappa shape index (κ3) is 4.30. The number of anilines is 2. The van der Waals surface area contributed by atoms with Crippen molar-refractivity contribution in [1.82, 2.24) is 19.9 Å². The topological polar surface area (TPSA) is 122 Å². The van der Waals surface area contributed by atoms with E-state index in [-0.39, 0.29) is 29.6 Å². The van der Waals surface area contributed by atoms with E-state index in [1.165, 1.54) is 12.0 Å². The van der Waals surface area contributed by atoms with Gasteiger partial charge in [0.15, 0.2) is 0 Å². The van der Waals surface area contributed by atoms with Crippen LogP contribution in [0.25, 0.3) is 10.9 Å². The molecule has 1 aliphatic heterocycles. The Labute approximate surface area is 195 Å². The number of aromatic nitrogens is 4. The number of fused-ring (bicyclic) bond motifs is 1. The van der Waals surface area contributed by atoms with Crippen LogP contribution in [0, 0.1) is 6.92 Å². The van der Waals surface area contributed by atoms with Crippen LogP contribution in [0.15, 0.2) is 23.0 Å². The van der Waals surface area contributed by atoms with Crippen LogP contribution in [-0.2, 0) is 4.74 Å². The molecule has 33 heavy (non-hydrogen) atoms. The molecule has 0 saturated carbocycles. The molecular formula is C22H25ClN6O4. The molecule has 1 saturated heterocycles. The summed E-state index contributed by atoms with van der Waals surface area (Å²) in [6, 6.07) is 4.56. The molecule has 10 nitrogen and oxygen atoms in total. The van der Waals surface area contributed by atoms with E-state index in [0.717, 1.165) is 5.39 Å². The van der Waals surface area contributed by atoms with Crippen LogP contribution in [0.3, 0.4) is 0 Å². The first kappa shape index (κ1) is 22.8. The summed E-state index contributed by atoms with van der Waals surface area (Å²) in [5.74, 6) is 1.37. The van der Waals surface area contributed by atoms with Crippen LogP contribution in [0.5, 0.6) is 5.75 Å². The maximum atomic E-state index is 12.8. The molecule has 1 fully saturated rings. The van der Waals surface area contributed by atoms with Crippen molar-refractivity contribution in [3.8, 4) is 5.75 Å². The normalized spacial score (nSPS) is 19.0. The van der Waals surface area contributed by atoms with E-state index in [4.69, 9.17) is 21.1 Å². The number of amides is 1. The van der Waals surface area contributed by atoms with Gasteiger partial charge in [-0.25, -0.2) is 9.69 Å². The number of benzene rings is 1. The largest absolute Gasteiger partial charge is 0.495 e. The summed E-state index contributed by atoms with van der Waals surface area (Å²) in [6.45, 7) is 7.35. The minimum Gasteiger partial charge on any atom is -0.495 e. The average molecular weight is 473 g/mol. The molecule has 1 aromatic carbocycles. The molecule has 3 atom stereocenters. The molecule has 0 unspecified atom stereocenters. The SMILES string of the molecule is CC[C@H]1[C@@H](C)OC(=O)N1c1nc(C)nc(N[C@@H](C)c2cc3cc(Cl)c(OC)cc3[nH]c2=O)n1. The number of cyclic esters (lactones) is 1. The average Bonchev–Trinajstić information content (AvgIpc) is 3.05. The fourth-order valence-electron chi connectivity index (χ4n) is 4.00. The Bertz CT molecular complexity index is 1280. The number of aryl methyl sites for hydroxylation is 1.